The first-order valence-corrected chi connectivity index (χ1v) is 4.26. The van der Waals surface area contributed by atoms with Crippen molar-refractivity contribution in [3.8, 4) is 12.3 Å². The van der Waals surface area contributed by atoms with Gasteiger partial charge in [-0.3, -0.25) is 0 Å². The molecular formula is C11H14O2. The van der Waals surface area contributed by atoms with Gasteiger partial charge in [0.2, 0.25) is 0 Å². The lowest BCUT2D eigenvalue weighted by molar-refractivity contribution is 0.181. The van der Waals surface area contributed by atoms with Crippen LogP contribution in [0, 0.1) is 33.1 Å². The number of furan rings is 1. The molecule has 13 heavy (non-hydrogen) atoms. The van der Waals surface area contributed by atoms with Gasteiger partial charge in [0, 0.05) is 12.0 Å². The van der Waals surface area contributed by atoms with Crippen molar-refractivity contribution in [1.82, 2.24) is 0 Å². The molecule has 0 aromatic carbocycles. The van der Waals surface area contributed by atoms with Gasteiger partial charge in [-0.1, -0.05) is 0 Å². The minimum absolute atomic E-state index is 0.334. The van der Waals surface area contributed by atoms with Crippen molar-refractivity contribution >= 4 is 0 Å². The SMILES string of the molecule is C#CCC(O)c1c(C)oc(C)c1C. The monoisotopic (exact) mass is 178 g/mol. The fourth-order valence-corrected chi connectivity index (χ4v) is 1.51. The van der Waals surface area contributed by atoms with Crippen LogP contribution in [0.15, 0.2) is 4.42 Å². The van der Waals surface area contributed by atoms with E-state index in [0.717, 1.165) is 22.6 Å². The lowest BCUT2D eigenvalue weighted by Crippen LogP contribution is -1.98. The maximum Gasteiger partial charge on any atom is 0.107 e. The highest BCUT2D eigenvalue weighted by Crippen LogP contribution is 2.28. The van der Waals surface area contributed by atoms with Gasteiger partial charge in [-0.25, -0.2) is 0 Å². The van der Waals surface area contributed by atoms with Gasteiger partial charge in [0.1, 0.15) is 11.5 Å². The lowest BCUT2D eigenvalue weighted by Gasteiger charge is -2.06. The Labute approximate surface area is 78.6 Å². The number of hydrogen-bond donors (Lipinski definition) is 1. The highest BCUT2D eigenvalue weighted by molar-refractivity contribution is 5.33. The van der Waals surface area contributed by atoms with E-state index in [1.807, 2.05) is 20.8 Å². The third-order valence-electron chi connectivity index (χ3n) is 2.26. The summed E-state index contributed by atoms with van der Waals surface area (Å²) >= 11 is 0. The van der Waals surface area contributed by atoms with Crippen LogP contribution in [0.25, 0.3) is 0 Å². The first kappa shape index (κ1) is 9.88. The van der Waals surface area contributed by atoms with E-state index in [2.05, 4.69) is 5.92 Å². The molecule has 2 heteroatoms. The predicted molar refractivity (Wildman–Crippen MR) is 51.3 cm³/mol. The third kappa shape index (κ3) is 1.76. The number of aliphatic hydroxyl groups excluding tert-OH is 1. The van der Waals surface area contributed by atoms with Crippen molar-refractivity contribution < 1.29 is 9.52 Å². The molecule has 1 rings (SSSR count). The predicted octanol–water partition coefficient (Wildman–Crippen LogP) is 2.26. The van der Waals surface area contributed by atoms with Crippen LogP contribution in [0.4, 0.5) is 0 Å². The first-order valence-electron chi connectivity index (χ1n) is 4.26. The number of rotatable bonds is 2. The summed E-state index contributed by atoms with van der Waals surface area (Å²) in [5.41, 5.74) is 1.84. The molecule has 0 amide bonds. The molecule has 0 saturated heterocycles. The maximum absolute atomic E-state index is 9.69. The zero-order chi connectivity index (χ0) is 10.0. The van der Waals surface area contributed by atoms with Crippen molar-refractivity contribution in [2.75, 3.05) is 0 Å². The van der Waals surface area contributed by atoms with Gasteiger partial charge in [0.25, 0.3) is 0 Å². The molecule has 70 valence electrons. The molecule has 1 aromatic heterocycles. The van der Waals surface area contributed by atoms with Crippen molar-refractivity contribution in [3.05, 3.63) is 22.6 Å². The minimum Gasteiger partial charge on any atom is -0.466 e. The van der Waals surface area contributed by atoms with Crippen LogP contribution in [0.3, 0.4) is 0 Å². The van der Waals surface area contributed by atoms with Gasteiger partial charge in [0.15, 0.2) is 0 Å². The Hall–Kier alpha value is -1.20. The topological polar surface area (TPSA) is 33.4 Å². The normalized spacial score (nSPS) is 12.5. The maximum atomic E-state index is 9.69. The Morgan fingerprint density at radius 3 is 2.38 bits per heavy atom. The van der Waals surface area contributed by atoms with Crippen LogP contribution < -0.4 is 0 Å². The van der Waals surface area contributed by atoms with Crippen LogP contribution in [0.2, 0.25) is 0 Å². The van der Waals surface area contributed by atoms with Gasteiger partial charge in [-0.15, -0.1) is 12.3 Å². The highest BCUT2D eigenvalue weighted by Gasteiger charge is 2.17. The van der Waals surface area contributed by atoms with E-state index in [1.165, 1.54) is 0 Å². The Morgan fingerprint density at radius 2 is 2.00 bits per heavy atom. The van der Waals surface area contributed by atoms with Gasteiger partial charge in [-0.2, -0.15) is 0 Å². The van der Waals surface area contributed by atoms with Crippen molar-refractivity contribution in [2.45, 2.75) is 33.3 Å². The second kappa shape index (κ2) is 3.68. The number of aryl methyl sites for hydroxylation is 2. The van der Waals surface area contributed by atoms with Gasteiger partial charge in [0.05, 0.1) is 6.10 Å². The van der Waals surface area contributed by atoms with Crippen LogP contribution in [0.5, 0.6) is 0 Å². The van der Waals surface area contributed by atoms with Gasteiger partial charge < -0.3 is 9.52 Å². The molecule has 0 bridgehead atoms. The van der Waals surface area contributed by atoms with E-state index < -0.39 is 6.10 Å². The first-order chi connectivity index (χ1) is 6.07. The molecule has 0 radical (unpaired) electrons. The van der Waals surface area contributed by atoms with Crippen LogP contribution in [-0.2, 0) is 0 Å². The molecule has 1 heterocycles. The lowest BCUT2D eigenvalue weighted by atomic mass is 10.0. The minimum atomic E-state index is -0.595. The van der Waals surface area contributed by atoms with Crippen molar-refractivity contribution in [3.63, 3.8) is 0 Å². The second-order valence-electron chi connectivity index (χ2n) is 3.18. The van der Waals surface area contributed by atoms with E-state index in [-0.39, 0.29) is 0 Å². The molecule has 1 atom stereocenters. The second-order valence-corrected chi connectivity index (χ2v) is 3.18. The van der Waals surface area contributed by atoms with E-state index in [0.29, 0.717) is 6.42 Å². The summed E-state index contributed by atoms with van der Waals surface area (Å²) in [5.74, 6) is 4.05. The van der Waals surface area contributed by atoms with E-state index in [1.54, 1.807) is 0 Å². The number of terminal acetylenes is 1. The summed E-state index contributed by atoms with van der Waals surface area (Å²) in [6.07, 6.45) is 4.87. The van der Waals surface area contributed by atoms with Crippen LogP contribution in [0.1, 0.15) is 35.2 Å². The average molecular weight is 178 g/mol. The van der Waals surface area contributed by atoms with Crippen LogP contribution >= 0.6 is 0 Å². The Kier molecular flexibility index (Phi) is 2.79. The molecule has 0 aliphatic rings. The summed E-state index contributed by atoms with van der Waals surface area (Å²) in [6.45, 7) is 5.66. The summed E-state index contributed by atoms with van der Waals surface area (Å²) in [6, 6.07) is 0. The zero-order valence-corrected chi connectivity index (χ0v) is 8.22. The third-order valence-corrected chi connectivity index (χ3v) is 2.26. The fourth-order valence-electron chi connectivity index (χ4n) is 1.51. The summed E-state index contributed by atoms with van der Waals surface area (Å²) < 4.78 is 5.38. The molecule has 2 nitrogen and oxygen atoms in total. The van der Waals surface area contributed by atoms with E-state index in [4.69, 9.17) is 10.8 Å². The molecule has 0 aliphatic heterocycles. The Balaban J connectivity index is 3.07. The van der Waals surface area contributed by atoms with Crippen molar-refractivity contribution in [1.29, 1.82) is 0 Å². The Morgan fingerprint density at radius 1 is 1.38 bits per heavy atom. The molecule has 0 spiro atoms. The number of hydrogen-bond acceptors (Lipinski definition) is 2. The molecule has 1 unspecified atom stereocenters. The molecule has 0 fully saturated rings. The highest BCUT2D eigenvalue weighted by atomic mass is 16.3. The van der Waals surface area contributed by atoms with Crippen molar-refractivity contribution in [2.24, 2.45) is 0 Å². The quantitative estimate of drug-likeness (QED) is 0.705. The Bertz CT molecular complexity index is 342. The molecule has 0 aliphatic carbocycles. The average Bonchev–Trinajstić information content (AvgIpc) is 2.27. The molecule has 1 aromatic rings. The molecular weight excluding hydrogens is 164 g/mol. The smallest absolute Gasteiger partial charge is 0.107 e. The van der Waals surface area contributed by atoms with Crippen LogP contribution in [-0.4, -0.2) is 5.11 Å². The van der Waals surface area contributed by atoms with Gasteiger partial charge in [-0.05, 0) is 26.3 Å². The van der Waals surface area contributed by atoms with E-state index >= 15 is 0 Å². The molecule has 1 N–H and O–H groups in total. The standard InChI is InChI=1S/C11H14O2/c1-5-6-10(12)11-7(2)8(3)13-9(11)4/h1,10,12H,6H2,2-4H3. The summed E-state index contributed by atoms with van der Waals surface area (Å²) in [5, 5.41) is 9.69. The molecule has 0 saturated carbocycles. The van der Waals surface area contributed by atoms with Gasteiger partial charge >= 0.3 is 0 Å². The largest absolute Gasteiger partial charge is 0.466 e. The number of aliphatic hydroxyl groups is 1. The summed E-state index contributed by atoms with van der Waals surface area (Å²) in [7, 11) is 0. The summed E-state index contributed by atoms with van der Waals surface area (Å²) in [4.78, 5) is 0. The zero-order valence-electron chi connectivity index (χ0n) is 8.22. The van der Waals surface area contributed by atoms with E-state index in [9.17, 15) is 5.11 Å². The fraction of sp³-hybridized carbons (Fsp3) is 0.455.